The van der Waals surface area contributed by atoms with Gasteiger partial charge in [0.25, 0.3) is 6.43 Å². The number of aromatic nitrogens is 2. The van der Waals surface area contributed by atoms with E-state index in [1.807, 2.05) is 6.92 Å². The van der Waals surface area contributed by atoms with Gasteiger partial charge in [-0.2, -0.15) is 0 Å². The highest BCUT2D eigenvalue weighted by Crippen LogP contribution is 2.35. The maximum absolute atomic E-state index is 14.4. The lowest BCUT2D eigenvalue weighted by Crippen LogP contribution is -2.12. The van der Waals surface area contributed by atoms with Crippen LogP contribution in [0, 0.1) is 23.5 Å². The smallest absolute Gasteiger partial charge is 0.267 e. The Morgan fingerprint density at radius 3 is 2.48 bits per heavy atom. The van der Waals surface area contributed by atoms with Gasteiger partial charge in [0.05, 0.1) is 29.6 Å². The van der Waals surface area contributed by atoms with E-state index < -0.39 is 18.1 Å². The van der Waals surface area contributed by atoms with Crippen molar-refractivity contribution in [1.82, 2.24) is 9.97 Å². The standard InChI is InChI=1S/C22H22F4N2O/c1-12(2)6-13(3)11-29-20-10-28-18(9-16(20)22(25)26)15-4-5-27-19-8-14(23)7-17(24)21(15)19/h4-5,7-10,12-13,22H,6,11H2,1-3H3/t13-/m1/s1. The minimum atomic E-state index is -2.79. The molecule has 0 saturated heterocycles. The molecule has 0 unspecified atom stereocenters. The second kappa shape index (κ2) is 8.76. The minimum absolute atomic E-state index is 0.00392. The Labute approximate surface area is 166 Å². The lowest BCUT2D eigenvalue weighted by molar-refractivity contribution is 0.142. The third-order valence-electron chi connectivity index (χ3n) is 4.56. The first kappa shape index (κ1) is 21.0. The number of halogens is 4. The Morgan fingerprint density at radius 1 is 1.03 bits per heavy atom. The van der Waals surface area contributed by atoms with Gasteiger partial charge in [-0.15, -0.1) is 0 Å². The highest BCUT2D eigenvalue weighted by molar-refractivity contribution is 5.94. The summed E-state index contributed by atoms with van der Waals surface area (Å²) in [6.07, 6.45) is 0.710. The fourth-order valence-corrected chi connectivity index (χ4v) is 3.42. The maximum atomic E-state index is 14.4. The van der Waals surface area contributed by atoms with Gasteiger partial charge in [-0.3, -0.25) is 9.97 Å². The average molecular weight is 406 g/mol. The zero-order valence-corrected chi connectivity index (χ0v) is 16.4. The monoisotopic (exact) mass is 406 g/mol. The summed E-state index contributed by atoms with van der Waals surface area (Å²) in [6.45, 7) is 6.46. The second-order valence-corrected chi connectivity index (χ2v) is 7.59. The van der Waals surface area contributed by atoms with Crippen LogP contribution in [0.15, 0.2) is 36.7 Å². The van der Waals surface area contributed by atoms with Gasteiger partial charge in [-0.25, -0.2) is 17.6 Å². The first-order valence-corrected chi connectivity index (χ1v) is 9.41. The van der Waals surface area contributed by atoms with E-state index in [1.54, 1.807) is 0 Å². The number of benzene rings is 1. The molecular formula is C22H22F4N2O. The summed E-state index contributed by atoms with van der Waals surface area (Å²) in [5.74, 6) is -0.910. The van der Waals surface area contributed by atoms with Gasteiger partial charge in [0.2, 0.25) is 0 Å². The molecule has 0 spiro atoms. The van der Waals surface area contributed by atoms with Gasteiger partial charge in [-0.1, -0.05) is 20.8 Å². The van der Waals surface area contributed by atoms with Crippen molar-refractivity contribution in [3.8, 4) is 17.0 Å². The molecular weight excluding hydrogens is 384 g/mol. The molecule has 7 heteroatoms. The van der Waals surface area contributed by atoms with Crippen molar-refractivity contribution < 1.29 is 22.3 Å². The molecule has 0 bridgehead atoms. The molecule has 2 aromatic heterocycles. The third kappa shape index (κ3) is 4.83. The molecule has 1 aromatic carbocycles. The number of ether oxygens (including phenoxy) is 1. The third-order valence-corrected chi connectivity index (χ3v) is 4.56. The molecule has 0 radical (unpaired) electrons. The van der Waals surface area contributed by atoms with Gasteiger partial charge < -0.3 is 4.74 Å². The number of rotatable bonds is 7. The van der Waals surface area contributed by atoms with Crippen molar-refractivity contribution >= 4 is 10.9 Å². The number of fused-ring (bicyclic) bond motifs is 1. The van der Waals surface area contributed by atoms with E-state index in [1.165, 1.54) is 24.5 Å². The SMILES string of the molecule is CC(C)C[C@@H](C)COc1cnc(-c2ccnc3cc(F)cc(F)c23)cc1C(F)F. The topological polar surface area (TPSA) is 35.0 Å². The molecule has 3 nitrogen and oxygen atoms in total. The number of alkyl halides is 2. The van der Waals surface area contributed by atoms with Crippen molar-refractivity contribution in [2.75, 3.05) is 6.61 Å². The molecule has 154 valence electrons. The summed E-state index contributed by atoms with van der Waals surface area (Å²) in [6, 6.07) is 4.47. The average Bonchev–Trinajstić information content (AvgIpc) is 2.64. The Bertz CT molecular complexity index is 1010. The molecule has 0 fully saturated rings. The summed E-state index contributed by atoms with van der Waals surface area (Å²) in [5, 5.41) is 0.0286. The maximum Gasteiger partial charge on any atom is 0.267 e. The van der Waals surface area contributed by atoms with Crippen LogP contribution in [0.5, 0.6) is 5.75 Å². The molecule has 29 heavy (non-hydrogen) atoms. The summed E-state index contributed by atoms with van der Waals surface area (Å²) >= 11 is 0. The van der Waals surface area contributed by atoms with E-state index in [0.29, 0.717) is 12.5 Å². The number of hydrogen-bond donors (Lipinski definition) is 0. The summed E-state index contributed by atoms with van der Waals surface area (Å²) in [7, 11) is 0. The fourth-order valence-electron chi connectivity index (χ4n) is 3.42. The normalized spacial score (nSPS) is 12.7. The Hall–Kier alpha value is -2.70. The van der Waals surface area contributed by atoms with Crippen LogP contribution in [0.2, 0.25) is 0 Å². The van der Waals surface area contributed by atoms with Gasteiger partial charge in [0.1, 0.15) is 17.4 Å². The lowest BCUT2D eigenvalue weighted by atomic mass is 10.00. The first-order chi connectivity index (χ1) is 13.8. The molecule has 1 atom stereocenters. The molecule has 2 heterocycles. The molecule has 0 aliphatic heterocycles. The van der Waals surface area contributed by atoms with E-state index in [9.17, 15) is 17.6 Å². The zero-order chi connectivity index (χ0) is 21.1. The van der Waals surface area contributed by atoms with Gasteiger partial charge in [-0.05, 0) is 30.4 Å². The highest BCUT2D eigenvalue weighted by atomic mass is 19.3. The second-order valence-electron chi connectivity index (χ2n) is 7.59. The van der Waals surface area contributed by atoms with Crippen LogP contribution >= 0.6 is 0 Å². The van der Waals surface area contributed by atoms with Crippen molar-refractivity contribution in [3.63, 3.8) is 0 Å². The predicted molar refractivity (Wildman–Crippen MR) is 104 cm³/mol. The number of nitrogens with zero attached hydrogens (tertiary/aromatic N) is 2. The molecule has 0 saturated carbocycles. The van der Waals surface area contributed by atoms with Gasteiger partial charge in [0, 0.05) is 29.3 Å². The largest absolute Gasteiger partial charge is 0.491 e. The minimum Gasteiger partial charge on any atom is -0.491 e. The molecule has 3 rings (SSSR count). The van der Waals surface area contributed by atoms with Crippen LogP contribution in [-0.4, -0.2) is 16.6 Å². The van der Waals surface area contributed by atoms with Crippen molar-refractivity contribution in [2.24, 2.45) is 11.8 Å². The number of hydrogen-bond acceptors (Lipinski definition) is 3. The number of pyridine rings is 2. The molecule has 0 aliphatic rings. The van der Waals surface area contributed by atoms with Crippen LogP contribution in [0.1, 0.15) is 39.2 Å². The zero-order valence-electron chi connectivity index (χ0n) is 16.4. The molecule has 0 N–H and O–H groups in total. The van der Waals surface area contributed by atoms with E-state index in [4.69, 9.17) is 4.74 Å². The fraction of sp³-hybridized carbons (Fsp3) is 0.364. The summed E-state index contributed by atoms with van der Waals surface area (Å²) in [4.78, 5) is 8.15. The molecule has 3 aromatic rings. The van der Waals surface area contributed by atoms with E-state index in [2.05, 4.69) is 23.8 Å². The van der Waals surface area contributed by atoms with Crippen LogP contribution in [-0.2, 0) is 0 Å². The summed E-state index contributed by atoms with van der Waals surface area (Å²) < 4.78 is 60.8. The van der Waals surface area contributed by atoms with Crippen molar-refractivity contribution in [1.29, 1.82) is 0 Å². The lowest BCUT2D eigenvalue weighted by Gasteiger charge is -2.17. The molecule has 0 amide bonds. The van der Waals surface area contributed by atoms with E-state index in [-0.39, 0.29) is 39.4 Å². The Kier molecular flexibility index (Phi) is 6.35. The Balaban J connectivity index is 1.98. The highest BCUT2D eigenvalue weighted by Gasteiger charge is 2.20. The van der Waals surface area contributed by atoms with Crippen LogP contribution in [0.3, 0.4) is 0 Å². The van der Waals surface area contributed by atoms with Crippen LogP contribution in [0.25, 0.3) is 22.2 Å². The Morgan fingerprint density at radius 2 is 1.79 bits per heavy atom. The van der Waals surface area contributed by atoms with E-state index >= 15 is 0 Å². The van der Waals surface area contributed by atoms with Crippen molar-refractivity contribution in [3.05, 3.63) is 53.9 Å². The predicted octanol–water partition coefficient (Wildman–Crippen LogP) is 6.57. The van der Waals surface area contributed by atoms with Gasteiger partial charge in [0.15, 0.2) is 0 Å². The van der Waals surface area contributed by atoms with Crippen molar-refractivity contribution in [2.45, 2.75) is 33.6 Å². The molecule has 0 aliphatic carbocycles. The first-order valence-electron chi connectivity index (χ1n) is 9.41. The van der Waals surface area contributed by atoms with E-state index in [0.717, 1.165) is 18.6 Å². The summed E-state index contributed by atoms with van der Waals surface area (Å²) in [5.41, 5.74) is 0.164. The van der Waals surface area contributed by atoms with Crippen LogP contribution in [0.4, 0.5) is 17.6 Å². The van der Waals surface area contributed by atoms with Crippen LogP contribution < -0.4 is 4.74 Å². The quantitative estimate of drug-likeness (QED) is 0.416. The van der Waals surface area contributed by atoms with Gasteiger partial charge >= 0.3 is 0 Å².